The van der Waals surface area contributed by atoms with E-state index in [2.05, 4.69) is 44.7 Å². The van der Waals surface area contributed by atoms with E-state index in [1.807, 2.05) is 0 Å². The molecule has 0 saturated carbocycles. The van der Waals surface area contributed by atoms with Crippen molar-refractivity contribution in [1.29, 1.82) is 0 Å². The van der Waals surface area contributed by atoms with Crippen molar-refractivity contribution in [3.63, 3.8) is 0 Å². The van der Waals surface area contributed by atoms with Crippen molar-refractivity contribution in [2.45, 2.75) is 233 Å². The highest BCUT2D eigenvalue weighted by Gasteiger charge is 2.22. The first-order valence-electron chi connectivity index (χ1n) is 21.8. The van der Waals surface area contributed by atoms with E-state index in [1.165, 1.54) is 154 Å². The summed E-state index contributed by atoms with van der Waals surface area (Å²) in [6, 6.07) is 0.595. The van der Waals surface area contributed by atoms with Gasteiger partial charge in [0.1, 0.15) is 0 Å². The molecule has 0 radical (unpaired) electrons. The van der Waals surface area contributed by atoms with Crippen molar-refractivity contribution in [2.24, 2.45) is 5.92 Å². The van der Waals surface area contributed by atoms with Gasteiger partial charge in [-0.3, -0.25) is 4.79 Å². The van der Waals surface area contributed by atoms with E-state index in [-0.39, 0.29) is 11.9 Å². The van der Waals surface area contributed by atoms with Crippen LogP contribution in [0.1, 0.15) is 227 Å². The second-order valence-corrected chi connectivity index (χ2v) is 14.9. The molecule has 0 aliphatic rings. The molecule has 0 fully saturated rings. The SMILES string of the molecule is CCCCCCCCC=CCCCCCCCCN(CCCCO)C(CCCC)CCCC(CCCCCC)C(=O)OCCCCCC. The number of ether oxygens (including phenoxy) is 1. The normalized spacial score (nSPS) is 13.1. The van der Waals surface area contributed by atoms with Crippen LogP contribution in [-0.2, 0) is 9.53 Å². The Kier molecular flexibility index (Phi) is 38.2. The number of aliphatic hydroxyl groups excluding tert-OH is 1. The van der Waals surface area contributed by atoms with Gasteiger partial charge in [-0.25, -0.2) is 0 Å². The predicted molar refractivity (Wildman–Crippen MR) is 212 cm³/mol. The number of carbonyl (C=O) groups excluding carboxylic acids is 1. The van der Waals surface area contributed by atoms with Crippen LogP contribution in [-0.4, -0.2) is 48.3 Å². The summed E-state index contributed by atoms with van der Waals surface area (Å²) in [5, 5.41) is 9.48. The monoisotopic (exact) mass is 678 g/mol. The molecule has 4 heteroatoms. The van der Waals surface area contributed by atoms with Crippen LogP contribution in [0.15, 0.2) is 12.2 Å². The smallest absolute Gasteiger partial charge is 0.308 e. The summed E-state index contributed by atoms with van der Waals surface area (Å²) in [5.74, 6) is 0.135. The first kappa shape index (κ1) is 47.1. The third-order valence-electron chi connectivity index (χ3n) is 10.3. The average Bonchev–Trinajstić information content (AvgIpc) is 3.09. The molecule has 2 unspecified atom stereocenters. The van der Waals surface area contributed by atoms with Crippen LogP contribution in [0.2, 0.25) is 0 Å². The highest BCUT2D eigenvalue weighted by atomic mass is 16.5. The lowest BCUT2D eigenvalue weighted by molar-refractivity contribution is -0.149. The fraction of sp³-hybridized carbons (Fsp3) is 0.932. The zero-order chi connectivity index (χ0) is 35.2. The summed E-state index contributed by atoms with van der Waals surface area (Å²) in [6.45, 7) is 12.2. The van der Waals surface area contributed by atoms with Gasteiger partial charge in [0, 0.05) is 12.6 Å². The summed E-state index contributed by atoms with van der Waals surface area (Å²) in [4.78, 5) is 15.9. The molecule has 0 aliphatic carbocycles. The number of nitrogens with zero attached hydrogens (tertiary/aromatic N) is 1. The van der Waals surface area contributed by atoms with Crippen molar-refractivity contribution in [1.82, 2.24) is 4.90 Å². The maximum Gasteiger partial charge on any atom is 0.308 e. The molecular weight excluding hydrogens is 590 g/mol. The second kappa shape index (κ2) is 38.9. The van der Waals surface area contributed by atoms with Gasteiger partial charge in [-0.15, -0.1) is 0 Å². The third-order valence-corrected chi connectivity index (χ3v) is 10.3. The summed E-state index contributed by atoms with van der Waals surface area (Å²) in [5.41, 5.74) is 0. The van der Waals surface area contributed by atoms with E-state index in [0.717, 1.165) is 57.9 Å². The first-order valence-corrected chi connectivity index (χ1v) is 21.8. The molecule has 2 atom stereocenters. The Morgan fingerprint density at radius 3 is 1.56 bits per heavy atom. The van der Waals surface area contributed by atoms with Gasteiger partial charge in [-0.1, -0.05) is 162 Å². The zero-order valence-corrected chi connectivity index (χ0v) is 33.3. The molecule has 0 amide bonds. The molecule has 0 aromatic heterocycles. The molecule has 0 bridgehead atoms. The largest absolute Gasteiger partial charge is 0.465 e. The number of unbranched alkanes of at least 4 members (excludes halogenated alkanes) is 20. The lowest BCUT2D eigenvalue weighted by Gasteiger charge is -2.32. The molecule has 0 rings (SSSR count). The molecule has 4 nitrogen and oxygen atoms in total. The highest BCUT2D eigenvalue weighted by molar-refractivity contribution is 5.72. The van der Waals surface area contributed by atoms with Gasteiger partial charge in [0.25, 0.3) is 0 Å². The average molecular weight is 678 g/mol. The maximum absolute atomic E-state index is 13.1. The van der Waals surface area contributed by atoms with Gasteiger partial charge in [-0.2, -0.15) is 0 Å². The minimum atomic E-state index is 0.0668. The molecule has 0 heterocycles. The van der Waals surface area contributed by atoms with Gasteiger partial charge in [0.05, 0.1) is 12.5 Å². The number of hydrogen-bond donors (Lipinski definition) is 1. The Hall–Kier alpha value is -0.870. The zero-order valence-electron chi connectivity index (χ0n) is 33.3. The second-order valence-electron chi connectivity index (χ2n) is 14.9. The number of carbonyl (C=O) groups is 1. The topological polar surface area (TPSA) is 49.8 Å². The van der Waals surface area contributed by atoms with E-state index in [0.29, 0.717) is 19.3 Å². The summed E-state index contributed by atoms with van der Waals surface area (Å²) >= 11 is 0. The summed E-state index contributed by atoms with van der Waals surface area (Å²) in [6.07, 6.45) is 43.2. The number of hydrogen-bond acceptors (Lipinski definition) is 4. The minimum absolute atomic E-state index is 0.0668. The van der Waals surface area contributed by atoms with Gasteiger partial charge in [0.2, 0.25) is 0 Å². The van der Waals surface area contributed by atoms with Gasteiger partial charge in [0.15, 0.2) is 0 Å². The molecular formula is C44H87NO3. The maximum atomic E-state index is 13.1. The molecule has 0 aliphatic heterocycles. The van der Waals surface area contributed by atoms with Crippen molar-refractivity contribution >= 4 is 5.97 Å². The molecule has 286 valence electrons. The van der Waals surface area contributed by atoms with Crippen molar-refractivity contribution in [3.8, 4) is 0 Å². The van der Waals surface area contributed by atoms with E-state index < -0.39 is 0 Å². The quantitative estimate of drug-likeness (QED) is 0.0400. The Morgan fingerprint density at radius 2 is 0.979 bits per heavy atom. The van der Waals surface area contributed by atoms with Crippen LogP contribution in [0.5, 0.6) is 0 Å². The first-order chi connectivity index (χ1) is 23.6. The Balaban J connectivity index is 4.69. The van der Waals surface area contributed by atoms with Crippen LogP contribution in [0.3, 0.4) is 0 Å². The fourth-order valence-corrected chi connectivity index (χ4v) is 7.03. The number of rotatable bonds is 39. The van der Waals surface area contributed by atoms with Crippen LogP contribution in [0.25, 0.3) is 0 Å². The van der Waals surface area contributed by atoms with Crippen molar-refractivity contribution in [2.75, 3.05) is 26.3 Å². The van der Waals surface area contributed by atoms with E-state index in [4.69, 9.17) is 4.74 Å². The van der Waals surface area contributed by atoms with Crippen LogP contribution < -0.4 is 0 Å². The molecule has 0 saturated heterocycles. The van der Waals surface area contributed by atoms with Gasteiger partial charge < -0.3 is 14.7 Å². The minimum Gasteiger partial charge on any atom is -0.465 e. The third kappa shape index (κ3) is 31.1. The molecule has 0 aromatic carbocycles. The Bertz CT molecular complexity index is 666. The summed E-state index contributed by atoms with van der Waals surface area (Å²) < 4.78 is 5.81. The van der Waals surface area contributed by atoms with Crippen molar-refractivity contribution in [3.05, 3.63) is 12.2 Å². The molecule has 0 aromatic rings. The van der Waals surface area contributed by atoms with E-state index >= 15 is 0 Å². The number of aliphatic hydroxyl groups is 1. The fourth-order valence-electron chi connectivity index (χ4n) is 7.03. The Morgan fingerprint density at radius 1 is 0.521 bits per heavy atom. The highest BCUT2D eigenvalue weighted by Crippen LogP contribution is 2.24. The standard InChI is InChI=1S/C44H87NO3/c1-5-9-13-16-17-18-19-20-21-22-23-24-25-26-27-29-38-45(39-30-31-40-46)43(36-12-8-4)37-33-35-42(34-28-14-10-6-2)44(47)48-41-32-15-11-7-3/h20-21,42-43,46H,5-19,22-41H2,1-4H3. The van der Waals surface area contributed by atoms with Crippen molar-refractivity contribution < 1.29 is 14.6 Å². The lowest BCUT2D eigenvalue weighted by atomic mass is 9.92. The van der Waals surface area contributed by atoms with Crippen LogP contribution in [0.4, 0.5) is 0 Å². The van der Waals surface area contributed by atoms with E-state index in [9.17, 15) is 9.90 Å². The van der Waals surface area contributed by atoms with Gasteiger partial charge in [-0.05, 0) is 90.1 Å². The summed E-state index contributed by atoms with van der Waals surface area (Å²) in [7, 11) is 0. The number of allylic oxidation sites excluding steroid dienone is 2. The Labute approximate surface area is 302 Å². The van der Waals surface area contributed by atoms with Gasteiger partial charge >= 0.3 is 5.97 Å². The van der Waals surface area contributed by atoms with E-state index in [1.54, 1.807) is 0 Å². The lowest BCUT2D eigenvalue weighted by Crippen LogP contribution is -2.37. The molecule has 1 N–H and O–H groups in total. The molecule has 48 heavy (non-hydrogen) atoms. The van der Waals surface area contributed by atoms with Crippen LogP contribution in [0, 0.1) is 5.92 Å². The number of esters is 1. The molecule has 0 spiro atoms. The predicted octanol–water partition coefficient (Wildman–Crippen LogP) is 13.5. The van der Waals surface area contributed by atoms with Crippen LogP contribution >= 0.6 is 0 Å².